The van der Waals surface area contributed by atoms with Gasteiger partial charge in [0.1, 0.15) is 28.5 Å². The van der Waals surface area contributed by atoms with Crippen LogP contribution in [0, 0.1) is 6.92 Å². The van der Waals surface area contributed by atoms with E-state index < -0.39 is 5.54 Å². The van der Waals surface area contributed by atoms with Crippen LogP contribution >= 0.6 is 0 Å². The summed E-state index contributed by atoms with van der Waals surface area (Å²) in [6, 6.07) is 11.3. The quantitative estimate of drug-likeness (QED) is 0.562. The van der Waals surface area contributed by atoms with Crippen molar-refractivity contribution in [2.45, 2.75) is 77.0 Å². The summed E-state index contributed by atoms with van der Waals surface area (Å²) in [6.07, 6.45) is 8.26. The van der Waals surface area contributed by atoms with Crippen LogP contribution < -0.4 is 5.32 Å². The number of amides is 2. The van der Waals surface area contributed by atoms with Crippen LogP contribution in [0.5, 0.6) is 0 Å². The van der Waals surface area contributed by atoms with Gasteiger partial charge in [-0.05, 0) is 63.1 Å². The number of furan rings is 2. The molecule has 0 spiro atoms. The van der Waals surface area contributed by atoms with E-state index in [0.717, 1.165) is 37.1 Å². The topological polar surface area (TPSA) is 80.6 Å². The Balaban J connectivity index is 1.51. The molecule has 2 aliphatic rings. The Kier molecular flexibility index (Phi) is 5.64. The van der Waals surface area contributed by atoms with Gasteiger partial charge in [0, 0.05) is 6.04 Å². The van der Waals surface area contributed by atoms with Gasteiger partial charge in [-0.15, -0.1) is 0 Å². The Morgan fingerprint density at radius 2 is 1.85 bits per heavy atom. The van der Waals surface area contributed by atoms with E-state index in [9.17, 15) is 9.59 Å². The molecule has 0 saturated heterocycles. The summed E-state index contributed by atoms with van der Waals surface area (Å²) in [6.45, 7) is 4.32. The Morgan fingerprint density at radius 1 is 1.09 bits per heavy atom. The van der Waals surface area contributed by atoms with Gasteiger partial charge in [-0.2, -0.15) is 0 Å². The van der Waals surface area contributed by atoms with Crippen molar-refractivity contribution in [3.05, 3.63) is 59.9 Å². The largest absolute Gasteiger partial charge is 0.464 e. The molecule has 4 heterocycles. The second-order valence-corrected chi connectivity index (χ2v) is 9.51. The molecule has 1 aliphatic carbocycles. The number of carbonyl (C=O) groups excluding carboxylic acids is 2. The van der Waals surface area contributed by atoms with Crippen LogP contribution in [0.4, 0.5) is 0 Å². The molecule has 3 aromatic rings. The fraction of sp³-hybridized carbons (Fsp3) is 0.462. The smallest absolute Gasteiger partial charge is 0.271 e. The molecule has 1 unspecified atom stereocenters. The van der Waals surface area contributed by atoms with Crippen LogP contribution in [0.2, 0.25) is 0 Å². The summed E-state index contributed by atoms with van der Waals surface area (Å²) >= 11 is 0. The predicted molar refractivity (Wildman–Crippen MR) is 123 cm³/mol. The molecule has 0 bridgehead atoms. The lowest BCUT2D eigenvalue weighted by Gasteiger charge is -2.44. The molecule has 1 saturated carbocycles. The highest BCUT2D eigenvalue weighted by Crippen LogP contribution is 2.35. The molecule has 7 nitrogen and oxygen atoms in total. The molecular weight excluding hydrogens is 418 g/mol. The molecule has 7 heteroatoms. The second kappa shape index (κ2) is 8.61. The van der Waals surface area contributed by atoms with Crippen LogP contribution in [-0.2, 0) is 17.9 Å². The maximum absolute atomic E-state index is 13.8. The number of carbonyl (C=O) groups is 2. The number of rotatable bonds is 5. The number of aromatic nitrogens is 1. The molecule has 2 amide bonds. The second-order valence-electron chi connectivity index (χ2n) is 9.51. The van der Waals surface area contributed by atoms with Crippen LogP contribution in [0.25, 0.3) is 11.5 Å². The van der Waals surface area contributed by atoms with Gasteiger partial charge in [-0.3, -0.25) is 9.59 Å². The van der Waals surface area contributed by atoms with E-state index in [1.807, 2.05) is 54.8 Å². The van der Waals surface area contributed by atoms with Crippen molar-refractivity contribution in [2.24, 2.45) is 0 Å². The van der Waals surface area contributed by atoms with Gasteiger partial charge >= 0.3 is 0 Å². The standard InChI is InChI=1S/C26H31N3O4/c1-18-11-12-20(33-18)16-29-24(30)22-14-13-21(23-10-7-15-32-23)28(22)17-26(29,2)25(31)27-19-8-5-3-4-6-9-19/h7,10-15,19H,3-6,8-9,16-17H2,1-2H3,(H,27,31). The minimum atomic E-state index is -1.07. The summed E-state index contributed by atoms with van der Waals surface area (Å²) in [7, 11) is 0. The highest BCUT2D eigenvalue weighted by molar-refractivity contribution is 6.00. The van der Waals surface area contributed by atoms with Crippen molar-refractivity contribution >= 4 is 11.8 Å². The van der Waals surface area contributed by atoms with E-state index in [1.165, 1.54) is 12.8 Å². The maximum atomic E-state index is 13.8. The molecular formula is C26H31N3O4. The summed E-state index contributed by atoms with van der Waals surface area (Å²) in [5, 5.41) is 3.29. The average Bonchev–Trinajstić information content (AvgIpc) is 3.50. The van der Waals surface area contributed by atoms with Crippen molar-refractivity contribution in [2.75, 3.05) is 0 Å². The first-order valence-electron chi connectivity index (χ1n) is 11.9. The van der Waals surface area contributed by atoms with Gasteiger partial charge in [-0.1, -0.05) is 25.7 Å². The third-order valence-electron chi connectivity index (χ3n) is 7.07. The highest BCUT2D eigenvalue weighted by atomic mass is 16.3. The van der Waals surface area contributed by atoms with Crippen LogP contribution in [-0.4, -0.2) is 32.9 Å². The molecule has 3 aromatic heterocycles. The Hall–Kier alpha value is -3.22. The van der Waals surface area contributed by atoms with Gasteiger partial charge in [0.15, 0.2) is 0 Å². The SMILES string of the molecule is Cc1ccc(CN2C(=O)c3ccc(-c4ccco4)n3CC2(C)C(=O)NC2CCCCCC2)o1. The number of aryl methyl sites for hydroxylation is 1. The fourth-order valence-electron chi connectivity index (χ4n) is 5.15. The van der Waals surface area contributed by atoms with Gasteiger partial charge in [0.2, 0.25) is 5.91 Å². The zero-order valence-electron chi connectivity index (χ0n) is 19.3. The summed E-state index contributed by atoms with van der Waals surface area (Å²) in [5.41, 5.74) is 0.270. The molecule has 33 heavy (non-hydrogen) atoms. The lowest BCUT2D eigenvalue weighted by molar-refractivity contribution is -0.134. The Morgan fingerprint density at radius 3 is 2.52 bits per heavy atom. The number of hydrogen-bond donors (Lipinski definition) is 1. The van der Waals surface area contributed by atoms with E-state index in [0.29, 0.717) is 23.8 Å². The van der Waals surface area contributed by atoms with Gasteiger partial charge in [0.25, 0.3) is 5.91 Å². The summed E-state index contributed by atoms with van der Waals surface area (Å²) in [4.78, 5) is 29.2. The summed E-state index contributed by atoms with van der Waals surface area (Å²) in [5.74, 6) is 1.82. The lowest BCUT2D eigenvalue weighted by Crippen LogP contribution is -2.64. The first-order valence-corrected chi connectivity index (χ1v) is 11.9. The number of hydrogen-bond acceptors (Lipinski definition) is 4. The third-order valence-corrected chi connectivity index (χ3v) is 7.07. The molecule has 174 valence electrons. The number of nitrogens with one attached hydrogen (secondary N) is 1. The van der Waals surface area contributed by atoms with Crippen molar-refractivity contribution < 1.29 is 18.4 Å². The summed E-state index contributed by atoms with van der Waals surface area (Å²) < 4.78 is 13.3. The van der Waals surface area contributed by atoms with Gasteiger partial charge in [-0.25, -0.2) is 0 Å². The van der Waals surface area contributed by atoms with Crippen molar-refractivity contribution in [1.82, 2.24) is 14.8 Å². The van der Waals surface area contributed by atoms with E-state index in [2.05, 4.69) is 5.32 Å². The zero-order chi connectivity index (χ0) is 23.0. The Labute approximate surface area is 193 Å². The van der Waals surface area contributed by atoms with Crippen LogP contribution in [0.3, 0.4) is 0 Å². The fourth-order valence-corrected chi connectivity index (χ4v) is 5.15. The van der Waals surface area contributed by atoms with E-state index in [4.69, 9.17) is 8.83 Å². The van der Waals surface area contributed by atoms with E-state index in [-0.39, 0.29) is 24.4 Å². The molecule has 1 atom stereocenters. The number of fused-ring (bicyclic) bond motifs is 1. The van der Waals surface area contributed by atoms with Gasteiger partial charge < -0.3 is 23.6 Å². The van der Waals surface area contributed by atoms with E-state index in [1.54, 1.807) is 11.2 Å². The number of nitrogens with zero attached hydrogens (tertiary/aromatic N) is 2. The minimum Gasteiger partial charge on any atom is -0.464 e. The molecule has 1 aliphatic heterocycles. The molecule has 0 radical (unpaired) electrons. The predicted octanol–water partition coefficient (Wildman–Crippen LogP) is 4.90. The normalized spacial score (nSPS) is 21.6. The lowest BCUT2D eigenvalue weighted by atomic mass is 9.93. The zero-order valence-corrected chi connectivity index (χ0v) is 19.3. The van der Waals surface area contributed by atoms with Crippen LogP contribution in [0.1, 0.15) is 67.5 Å². The van der Waals surface area contributed by atoms with Gasteiger partial charge in [0.05, 0.1) is 25.0 Å². The van der Waals surface area contributed by atoms with Crippen molar-refractivity contribution in [3.8, 4) is 11.5 Å². The van der Waals surface area contributed by atoms with Crippen molar-refractivity contribution in [3.63, 3.8) is 0 Å². The minimum absolute atomic E-state index is 0.115. The average molecular weight is 450 g/mol. The first kappa shape index (κ1) is 21.6. The third kappa shape index (κ3) is 4.01. The molecule has 5 rings (SSSR count). The van der Waals surface area contributed by atoms with Crippen LogP contribution in [0.15, 0.2) is 51.5 Å². The van der Waals surface area contributed by atoms with Crippen molar-refractivity contribution in [1.29, 1.82) is 0 Å². The molecule has 0 aromatic carbocycles. The highest BCUT2D eigenvalue weighted by Gasteiger charge is 2.48. The Bertz CT molecular complexity index is 1130. The molecule has 1 fully saturated rings. The van der Waals surface area contributed by atoms with E-state index >= 15 is 0 Å². The monoisotopic (exact) mass is 449 g/mol. The molecule has 1 N–H and O–H groups in total. The first-order chi connectivity index (χ1) is 16.0. The maximum Gasteiger partial charge on any atom is 0.271 e.